The van der Waals surface area contributed by atoms with Crippen LogP contribution in [-0.4, -0.2) is 47.9 Å². The van der Waals surface area contributed by atoms with Gasteiger partial charge < -0.3 is 19.6 Å². The van der Waals surface area contributed by atoms with Crippen LogP contribution in [0.4, 0.5) is 18.9 Å². The van der Waals surface area contributed by atoms with Crippen molar-refractivity contribution in [3.8, 4) is 11.5 Å². The van der Waals surface area contributed by atoms with E-state index in [0.717, 1.165) is 42.7 Å². The Morgan fingerprint density at radius 3 is 2.16 bits per heavy atom. The summed E-state index contributed by atoms with van der Waals surface area (Å²) >= 11 is 0. The average molecular weight is 535 g/mol. The van der Waals surface area contributed by atoms with Crippen LogP contribution < -0.4 is 9.64 Å². The number of benzene rings is 2. The first-order valence-corrected chi connectivity index (χ1v) is 12.5. The molecule has 1 aliphatic rings. The standard InChI is InChI=1S/C28H33F3N2O5/c1-16(2)33(26(35)18-8-6-17(3)7-9-18)23-12-11-20(15-21(23)27(36)37)38-24-13-10-19(25(34)32(4)5)14-22(24)28(29,30)31/h10-18H,6-9H2,1-5H3,(H,36,37). The van der Waals surface area contributed by atoms with Crippen LogP contribution in [0.3, 0.4) is 0 Å². The zero-order chi connectivity index (χ0) is 28.4. The van der Waals surface area contributed by atoms with Gasteiger partial charge in [-0.1, -0.05) is 6.92 Å². The Kier molecular flexibility index (Phi) is 8.74. The number of ether oxygens (including phenoxy) is 1. The molecule has 0 heterocycles. The first kappa shape index (κ1) is 29.0. The minimum absolute atomic E-state index is 0.147. The number of aromatic carboxylic acids is 1. The van der Waals surface area contributed by atoms with Gasteiger partial charge in [-0.2, -0.15) is 13.2 Å². The van der Waals surface area contributed by atoms with Crippen LogP contribution in [0.15, 0.2) is 36.4 Å². The number of carboxylic acid groups (broad SMARTS) is 1. The maximum absolute atomic E-state index is 13.8. The summed E-state index contributed by atoms with van der Waals surface area (Å²) in [4.78, 5) is 40.4. The fourth-order valence-corrected chi connectivity index (χ4v) is 4.67. The minimum atomic E-state index is -4.83. The van der Waals surface area contributed by atoms with Crippen LogP contribution in [0.1, 0.15) is 72.7 Å². The highest BCUT2D eigenvalue weighted by molar-refractivity contribution is 6.03. The molecule has 1 fully saturated rings. The van der Waals surface area contributed by atoms with E-state index in [1.807, 2.05) is 0 Å². The summed E-state index contributed by atoms with van der Waals surface area (Å²) in [6, 6.07) is 6.44. The Labute approximate surface area is 220 Å². The molecule has 206 valence electrons. The molecule has 2 aromatic rings. The van der Waals surface area contributed by atoms with Gasteiger partial charge in [0.1, 0.15) is 11.5 Å². The first-order valence-electron chi connectivity index (χ1n) is 12.5. The molecule has 3 rings (SSSR count). The maximum atomic E-state index is 13.8. The quantitative estimate of drug-likeness (QED) is 0.440. The Bertz CT molecular complexity index is 1200. The predicted octanol–water partition coefficient (Wildman–Crippen LogP) is 6.47. The summed E-state index contributed by atoms with van der Waals surface area (Å²) in [5.74, 6) is -2.52. The van der Waals surface area contributed by atoms with E-state index in [4.69, 9.17) is 4.74 Å². The van der Waals surface area contributed by atoms with E-state index in [1.54, 1.807) is 13.8 Å². The molecule has 0 radical (unpaired) electrons. The van der Waals surface area contributed by atoms with Gasteiger partial charge in [-0.25, -0.2) is 4.79 Å². The van der Waals surface area contributed by atoms with Crippen molar-refractivity contribution < 1.29 is 37.4 Å². The van der Waals surface area contributed by atoms with Crippen molar-refractivity contribution in [1.82, 2.24) is 4.90 Å². The number of rotatable bonds is 7. The summed E-state index contributed by atoms with van der Waals surface area (Å²) < 4.78 is 46.9. The first-order chi connectivity index (χ1) is 17.7. The summed E-state index contributed by atoms with van der Waals surface area (Å²) in [5, 5.41) is 9.93. The molecule has 1 saturated carbocycles. The third kappa shape index (κ3) is 6.46. The number of alkyl halides is 3. The van der Waals surface area contributed by atoms with Crippen LogP contribution in [-0.2, 0) is 11.0 Å². The van der Waals surface area contributed by atoms with Crippen molar-refractivity contribution in [2.24, 2.45) is 11.8 Å². The van der Waals surface area contributed by atoms with Crippen molar-refractivity contribution in [1.29, 1.82) is 0 Å². The van der Waals surface area contributed by atoms with Gasteiger partial charge in [0.05, 0.1) is 16.8 Å². The molecule has 2 aromatic carbocycles. The fraction of sp³-hybridized carbons (Fsp3) is 0.464. The Morgan fingerprint density at radius 1 is 1.00 bits per heavy atom. The molecular formula is C28H33F3N2O5. The molecule has 0 atom stereocenters. The normalized spacial score (nSPS) is 17.7. The lowest BCUT2D eigenvalue weighted by molar-refractivity contribution is -0.138. The van der Waals surface area contributed by atoms with Gasteiger partial charge in [-0.05, 0) is 81.8 Å². The molecular weight excluding hydrogens is 501 g/mol. The van der Waals surface area contributed by atoms with Crippen LogP contribution in [0.5, 0.6) is 11.5 Å². The zero-order valence-corrected chi connectivity index (χ0v) is 22.1. The highest BCUT2D eigenvalue weighted by Gasteiger charge is 2.36. The molecule has 0 bridgehead atoms. The second kappa shape index (κ2) is 11.4. The van der Waals surface area contributed by atoms with E-state index < -0.39 is 29.4 Å². The van der Waals surface area contributed by atoms with Crippen LogP contribution in [0.2, 0.25) is 0 Å². The van der Waals surface area contributed by atoms with Gasteiger partial charge in [0, 0.05) is 31.6 Å². The molecule has 7 nitrogen and oxygen atoms in total. The van der Waals surface area contributed by atoms with Gasteiger partial charge in [0.15, 0.2) is 0 Å². The number of nitrogens with zero attached hydrogens (tertiary/aromatic N) is 2. The number of hydrogen-bond donors (Lipinski definition) is 1. The van der Waals surface area contributed by atoms with E-state index in [1.165, 1.54) is 37.2 Å². The van der Waals surface area contributed by atoms with Gasteiger partial charge in [0.2, 0.25) is 5.91 Å². The molecule has 0 saturated heterocycles. The van der Waals surface area contributed by atoms with Gasteiger partial charge in [-0.3, -0.25) is 9.59 Å². The van der Waals surface area contributed by atoms with Crippen molar-refractivity contribution in [2.75, 3.05) is 19.0 Å². The number of anilines is 1. The Morgan fingerprint density at radius 2 is 1.63 bits per heavy atom. The second-order valence-electron chi connectivity index (χ2n) is 10.3. The highest BCUT2D eigenvalue weighted by atomic mass is 19.4. The molecule has 0 spiro atoms. The largest absolute Gasteiger partial charge is 0.478 e. The summed E-state index contributed by atoms with van der Waals surface area (Å²) in [6.45, 7) is 5.71. The number of carboxylic acids is 1. The minimum Gasteiger partial charge on any atom is -0.478 e. The lowest BCUT2D eigenvalue weighted by Gasteiger charge is -2.34. The zero-order valence-electron chi connectivity index (χ0n) is 22.1. The lowest BCUT2D eigenvalue weighted by Crippen LogP contribution is -2.42. The van der Waals surface area contributed by atoms with E-state index in [-0.39, 0.29) is 40.4 Å². The fourth-order valence-electron chi connectivity index (χ4n) is 4.67. The molecule has 0 unspecified atom stereocenters. The third-order valence-electron chi connectivity index (χ3n) is 6.74. The molecule has 38 heavy (non-hydrogen) atoms. The lowest BCUT2D eigenvalue weighted by atomic mass is 9.82. The molecule has 2 amide bonds. The SMILES string of the molecule is CC1CCC(C(=O)N(c2ccc(Oc3ccc(C(=O)N(C)C)cc3C(F)(F)F)cc2C(=O)O)C(C)C)CC1. The third-order valence-corrected chi connectivity index (χ3v) is 6.74. The number of hydrogen-bond acceptors (Lipinski definition) is 4. The monoisotopic (exact) mass is 534 g/mol. The van der Waals surface area contributed by atoms with Crippen molar-refractivity contribution >= 4 is 23.5 Å². The van der Waals surface area contributed by atoms with Gasteiger partial charge in [-0.15, -0.1) is 0 Å². The number of carbonyl (C=O) groups excluding carboxylic acids is 2. The topological polar surface area (TPSA) is 87.2 Å². The van der Waals surface area contributed by atoms with Crippen LogP contribution in [0.25, 0.3) is 0 Å². The number of halogens is 3. The van der Waals surface area contributed by atoms with Crippen molar-refractivity contribution in [3.63, 3.8) is 0 Å². The maximum Gasteiger partial charge on any atom is 0.420 e. The van der Waals surface area contributed by atoms with Crippen LogP contribution in [0, 0.1) is 11.8 Å². The predicted molar refractivity (Wildman–Crippen MR) is 137 cm³/mol. The molecule has 10 heteroatoms. The summed E-state index contributed by atoms with van der Waals surface area (Å²) in [6.07, 6.45) is -1.55. The number of amides is 2. The van der Waals surface area contributed by atoms with E-state index in [0.29, 0.717) is 12.0 Å². The second-order valence-corrected chi connectivity index (χ2v) is 10.3. The Balaban J connectivity index is 1.99. The molecule has 0 aliphatic heterocycles. The van der Waals surface area contributed by atoms with E-state index >= 15 is 0 Å². The van der Waals surface area contributed by atoms with E-state index in [9.17, 15) is 32.7 Å². The summed E-state index contributed by atoms with van der Waals surface area (Å²) in [7, 11) is 2.85. The highest BCUT2D eigenvalue weighted by Crippen LogP contribution is 2.40. The van der Waals surface area contributed by atoms with Gasteiger partial charge in [0.25, 0.3) is 5.91 Å². The summed E-state index contributed by atoms with van der Waals surface area (Å²) in [5.41, 5.74) is -1.44. The molecule has 1 N–H and O–H groups in total. The average Bonchev–Trinajstić information content (AvgIpc) is 2.84. The van der Waals surface area contributed by atoms with Gasteiger partial charge >= 0.3 is 12.1 Å². The number of carbonyl (C=O) groups is 3. The molecule has 0 aromatic heterocycles. The molecule has 1 aliphatic carbocycles. The van der Waals surface area contributed by atoms with Crippen molar-refractivity contribution in [2.45, 2.75) is 58.7 Å². The van der Waals surface area contributed by atoms with Crippen LogP contribution >= 0.6 is 0 Å². The smallest absolute Gasteiger partial charge is 0.420 e. The Hall–Kier alpha value is -3.56. The van der Waals surface area contributed by atoms with E-state index in [2.05, 4.69) is 6.92 Å². The van der Waals surface area contributed by atoms with Crippen molar-refractivity contribution in [3.05, 3.63) is 53.1 Å².